The second-order valence-electron chi connectivity index (χ2n) is 7.89. The maximum atomic E-state index is 15.0. The van der Waals surface area contributed by atoms with Crippen LogP contribution in [0, 0.1) is 23.3 Å². The van der Waals surface area contributed by atoms with Gasteiger partial charge in [-0.3, -0.25) is 4.98 Å². The Bertz CT molecular complexity index is 1250. The van der Waals surface area contributed by atoms with E-state index in [9.17, 15) is 13.2 Å². The van der Waals surface area contributed by atoms with Gasteiger partial charge in [0.25, 0.3) is 0 Å². The van der Waals surface area contributed by atoms with Gasteiger partial charge in [0.2, 0.25) is 0 Å². The number of halogens is 4. The molecule has 0 aliphatic rings. The molecule has 33 heavy (non-hydrogen) atoms. The van der Waals surface area contributed by atoms with E-state index in [4.69, 9.17) is 4.74 Å². The summed E-state index contributed by atoms with van der Waals surface area (Å²) in [6, 6.07) is 14.9. The summed E-state index contributed by atoms with van der Waals surface area (Å²) in [5, 5.41) is 1.28. The number of hydrogen-bond acceptors (Lipinski definition) is 2. The molecule has 3 aromatic carbocycles. The van der Waals surface area contributed by atoms with Gasteiger partial charge in [-0.05, 0) is 78.9 Å². The molecule has 0 N–H and O–H groups in total. The van der Waals surface area contributed by atoms with Crippen molar-refractivity contribution in [3.63, 3.8) is 0 Å². The molecule has 0 saturated heterocycles. The molecule has 0 radical (unpaired) electrons. The second kappa shape index (κ2) is 10.0. The van der Waals surface area contributed by atoms with E-state index in [1.165, 1.54) is 0 Å². The van der Waals surface area contributed by atoms with E-state index in [-0.39, 0.29) is 24.2 Å². The molecule has 0 fully saturated rings. The Hall–Kier alpha value is -3.41. The van der Waals surface area contributed by atoms with E-state index in [0.717, 1.165) is 47.4 Å². The van der Waals surface area contributed by atoms with Crippen LogP contribution in [0.25, 0.3) is 10.8 Å². The lowest BCUT2D eigenvalue weighted by atomic mass is 9.98. The molecule has 0 atom stereocenters. The van der Waals surface area contributed by atoms with Gasteiger partial charge in [0.15, 0.2) is 17.5 Å². The summed E-state index contributed by atoms with van der Waals surface area (Å²) >= 11 is 0. The first-order valence-electron chi connectivity index (χ1n) is 10.9. The molecule has 0 aliphatic carbocycles. The quantitative estimate of drug-likeness (QED) is 0.217. The van der Waals surface area contributed by atoms with Crippen molar-refractivity contribution in [2.45, 2.75) is 32.6 Å². The molecular weight excluding hydrogens is 430 g/mol. The van der Waals surface area contributed by atoms with Gasteiger partial charge >= 0.3 is 0 Å². The number of fused-ring (bicyclic) bond motifs is 1. The number of pyridine rings is 1. The summed E-state index contributed by atoms with van der Waals surface area (Å²) in [6.07, 6.45) is 3.68. The zero-order valence-corrected chi connectivity index (χ0v) is 18.2. The van der Waals surface area contributed by atoms with Gasteiger partial charge in [0.1, 0.15) is 11.6 Å². The minimum absolute atomic E-state index is 0.198. The third-order valence-electron chi connectivity index (χ3n) is 5.60. The smallest absolute Gasteiger partial charge is 0.194 e. The molecule has 4 rings (SSSR count). The predicted octanol–water partition coefficient (Wildman–Crippen LogP) is 6.76. The number of benzene rings is 3. The SMILES string of the molecule is CCOc1ccc(CCc2ccc3c(F)c(CCc4cc(F)c(F)c(F)c4)ccc3c2)nc1. The maximum absolute atomic E-state index is 15.0. The Labute approximate surface area is 189 Å². The largest absolute Gasteiger partial charge is 0.492 e. The van der Waals surface area contributed by atoms with E-state index >= 15 is 4.39 Å². The lowest BCUT2D eigenvalue weighted by molar-refractivity contribution is 0.338. The zero-order valence-electron chi connectivity index (χ0n) is 18.2. The first-order valence-corrected chi connectivity index (χ1v) is 10.9. The third kappa shape index (κ3) is 5.33. The highest BCUT2D eigenvalue weighted by Crippen LogP contribution is 2.25. The van der Waals surface area contributed by atoms with Crippen molar-refractivity contribution in [1.82, 2.24) is 4.98 Å². The van der Waals surface area contributed by atoms with Crippen LogP contribution in [0.2, 0.25) is 0 Å². The lowest BCUT2D eigenvalue weighted by Gasteiger charge is -2.09. The average Bonchev–Trinajstić information content (AvgIpc) is 2.82. The van der Waals surface area contributed by atoms with Gasteiger partial charge in [0.05, 0.1) is 12.8 Å². The summed E-state index contributed by atoms with van der Waals surface area (Å²) in [4.78, 5) is 4.41. The van der Waals surface area contributed by atoms with Crippen LogP contribution >= 0.6 is 0 Å². The zero-order chi connectivity index (χ0) is 23.4. The molecule has 0 bridgehead atoms. The highest BCUT2D eigenvalue weighted by Gasteiger charge is 2.13. The fraction of sp³-hybridized carbons (Fsp3) is 0.222. The molecule has 0 spiro atoms. The predicted molar refractivity (Wildman–Crippen MR) is 120 cm³/mol. The summed E-state index contributed by atoms with van der Waals surface area (Å²) in [5.41, 5.74) is 2.75. The van der Waals surface area contributed by atoms with Crippen LogP contribution in [0.4, 0.5) is 17.6 Å². The maximum Gasteiger partial charge on any atom is 0.194 e. The fourth-order valence-corrected chi connectivity index (χ4v) is 3.85. The minimum atomic E-state index is -1.50. The van der Waals surface area contributed by atoms with Gasteiger partial charge in [-0.15, -0.1) is 0 Å². The van der Waals surface area contributed by atoms with Crippen LogP contribution in [-0.2, 0) is 25.7 Å². The normalized spacial score (nSPS) is 11.2. The monoisotopic (exact) mass is 453 g/mol. The molecule has 170 valence electrons. The van der Waals surface area contributed by atoms with Crippen molar-refractivity contribution in [3.05, 3.63) is 106 Å². The summed E-state index contributed by atoms with van der Waals surface area (Å²) in [7, 11) is 0. The molecule has 4 aromatic rings. The number of aryl methyl sites for hydroxylation is 4. The van der Waals surface area contributed by atoms with Crippen LogP contribution in [0.15, 0.2) is 60.8 Å². The lowest BCUT2D eigenvalue weighted by Crippen LogP contribution is -2.00. The summed E-state index contributed by atoms with van der Waals surface area (Å²) in [5.74, 6) is -3.58. The molecule has 6 heteroatoms. The Morgan fingerprint density at radius 1 is 0.727 bits per heavy atom. The third-order valence-corrected chi connectivity index (χ3v) is 5.60. The van der Waals surface area contributed by atoms with Gasteiger partial charge < -0.3 is 4.74 Å². The van der Waals surface area contributed by atoms with Crippen LogP contribution in [-0.4, -0.2) is 11.6 Å². The second-order valence-corrected chi connectivity index (χ2v) is 7.89. The van der Waals surface area contributed by atoms with Crippen LogP contribution in [0.5, 0.6) is 5.75 Å². The molecular formula is C27H23F4NO. The Balaban J connectivity index is 1.44. The molecule has 1 aromatic heterocycles. The van der Waals surface area contributed by atoms with E-state index in [0.29, 0.717) is 17.6 Å². The topological polar surface area (TPSA) is 22.1 Å². The number of nitrogens with zero attached hydrogens (tertiary/aromatic N) is 1. The number of ether oxygens (including phenoxy) is 1. The summed E-state index contributed by atoms with van der Waals surface area (Å²) < 4.78 is 60.4. The molecule has 0 aliphatic heterocycles. The first-order chi connectivity index (χ1) is 15.9. The van der Waals surface area contributed by atoms with E-state index < -0.39 is 17.5 Å². The van der Waals surface area contributed by atoms with Crippen LogP contribution < -0.4 is 4.74 Å². The molecule has 0 unspecified atom stereocenters. The van der Waals surface area contributed by atoms with Gasteiger partial charge in [-0.25, -0.2) is 17.6 Å². The number of rotatable bonds is 8. The summed E-state index contributed by atoms with van der Waals surface area (Å²) in [6.45, 7) is 2.52. The van der Waals surface area contributed by atoms with E-state index in [1.54, 1.807) is 18.3 Å². The van der Waals surface area contributed by atoms with Crippen LogP contribution in [0.1, 0.15) is 29.3 Å². The minimum Gasteiger partial charge on any atom is -0.492 e. The number of aromatic nitrogens is 1. The van der Waals surface area contributed by atoms with Crippen molar-refractivity contribution in [3.8, 4) is 5.75 Å². The van der Waals surface area contributed by atoms with Crippen molar-refractivity contribution < 1.29 is 22.3 Å². The van der Waals surface area contributed by atoms with Crippen LogP contribution in [0.3, 0.4) is 0 Å². The van der Waals surface area contributed by atoms with Crippen molar-refractivity contribution in [2.75, 3.05) is 6.61 Å². The van der Waals surface area contributed by atoms with Crippen molar-refractivity contribution >= 4 is 10.8 Å². The van der Waals surface area contributed by atoms with E-state index in [2.05, 4.69) is 4.98 Å². The fourth-order valence-electron chi connectivity index (χ4n) is 3.85. The van der Waals surface area contributed by atoms with Gasteiger partial charge in [-0.1, -0.05) is 30.3 Å². The molecule has 2 nitrogen and oxygen atoms in total. The molecule has 0 saturated carbocycles. The average molecular weight is 453 g/mol. The van der Waals surface area contributed by atoms with E-state index in [1.807, 2.05) is 37.3 Å². The van der Waals surface area contributed by atoms with Crippen molar-refractivity contribution in [1.29, 1.82) is 0 Å². The van der Waals surface area contributed by atoms with Gasteiger partial charge in [0, 0.05) is 11.1 Å². The Morgan fingerprint density at radius 2 is 1.48 bits per heavy atom. The highest BCUT2D eigenvalue weighted by molar-refractivity contribution is 5.84. The molecule has 1 heterocycles. The standard InChI is InChI=1S/C27H23F4NO/c1-2-33-22-11-10-21(32-16-22)9-4-17-5-12-23-20(13-17)8-7-19(26(23)30)6-3-18-14-24(28)27(31)25(29)15-18/h5,7-8,10-16H,2-4,6,9H2,1H3. The Morgan fingerprint density at radius 3 is 2.18 bits per heavy atom. The molecule has 0 amide bonds. The number of hydrogen-bond donors (Lipinski definition) is 0. The first kappa shape index (κ1) is 22.8. The van der Waals surface area contributed by atoms with Crippen molar-refractivity contribution in [2.24, 2.45) is 0 Å². The Kier molecular flexibility index (Phi) is 6.92. The highest BCUT2D eigenvalue weighted by atomic mass is 19.2. The van der Waals surface area contributed by atoms with Gasteiger partial charge in [-0.2, -0.15) is 0 Å².